The number of benzene rings is 3. The molecule has 11 heteroatoms. The lowest BCUT2D eigenvalue weighted by Crippen LogP contribution is -2.27. The third-order valence-corrected chi connectivity index (χ3v) is 7.60. The maximum Gasteiger partial charge on any atom is 0.339 e. The average molecular weight is 553 g/mol. The van der Waals surface area contributed by atoms with Gasteiger partial charge < -0.3 is 14.2 Å². The standard InChI is InChI=1S/C27H24N2O7S2/c1-17-5-4-6-20(13-17)16-29-26(31)25(37-27(29)32)15-19-7-12-23(35-3)24(14-19)36-38(33,34)22-10-8-21(9-11-22)28-18(2)30/h4-15H,16H2,1-3H3,(H,28,30)/b25-15-. The zero-order valence-corrected chi connectivity index (χ0v) is 22.4. The molecular formula is C27H24N2O7S2. The smallest absolute Gasteiger partial charge is 0.339 e. The van der Waals surface area contributed by atoms with E-state index in [9.17, 15) is 22.8 Å². The van der Waals surface area contributed by atoms with Gasteiger partial charge in [0.1, 0.15) is 4.90 Å². The minimum atomic E-state index is -4.25. The first-order chi connectivity index (χ1) is 18.1. The van der Waals surface area contributed by atoms with Crippen molar-refractivity contribution in [2.24, 2.45) is 0 Å². The summed E-state index contributed by atoms with van der Waals surface area (Å²) >= 11 is 0.810. The molecule has 3 amide bonds. The van der Waals surface area contributed by atoms with Gasteiger partial charge in [0.25, 0.3) is 11.1 Å². The van der Waals surface area contributed by atoms with Crippen LogP contribution in [0.2, 0.25) is 0 Å². The summed E-state index contributed by atoms with van der Waals surface area (Å²) in [5.74, 6) is -0.655. The predicted octanol–water partition coefficient (Wildman–Crippen LogP) is 4.97. The highest BCUT2D eigenvalue weighted by Crippen LogP contribution is 2.36. The first-order valence-corrected chi connectivity index (χ1v) is 13.6. The van der Waals surface area contributed by atoms with Gasteiger partial charge in [-0.25, -0.2) is 0 Å². The van der Waals surface area contributed by atoms with Gasteiger partial charge in [-0.3, -0.25) is 19.3 Å². The van der Waals surface area contributed by atoms with Crippen LogP contribution in [0.1, 0.15) is 23.6 Å². The average Bonchev–Trinajstić information content (AvgIpc) is 3.11. The molecule has 1 N–H and O–H groups in total. The Bertz CT molecular complexity index is 1550. The number of rotatable bonds is 8. The molecule has 196 valence electrons. The molecule has 3 aromatic rings. The molecule has 1 aliphatic rings. The van der Waals surface area contributed by atoms with Crippen molar-refractivity contribution in [3.05, 3.63) is 88.3 Å². The first-order valence-electron chi connectivity index (χ1n) is 11.4. The number of nitrogens with zero attached hydrogens (tertiary/aromatic N) is 1. The van der Waals surface area contributed by atoms with Crippen LogP contribution in [-0.4, -0.2) is 37.5 Å². The zero-order valence-electron chi connectivity index (χ0n) is 20.8. The molecule has 0 aliphatic carbocycles. The molecular weight excluding hydrogens is 528 g/mol. The van der Waals surface area contributed by atoms with Crippen molar-refractivity contribution >= 4 is 50.7 Å². The number of hydrogen-bond donors (Lipinski definition) is 1. The van der Waals surface area contributed by atoms with Crippen LogP contribution in [0.3, 0.4) is 0 Å². The highest BCUT2D eigenvalue weighted by Gasteiger charge is 2.35. The Morgan fingerprint density at radius 2 is 1.76 bits per heavy atom. The quantitative estimate of drug-likeness (QED) is 0.307. The van der Waals surface area contributed by atoms with E-state index in [0.717, 1.165) is 22.9 Å². The monoisotopic (exact) mass is 552 g/mol. The lowest BCUT2D eigenvalue weighted by atomic mass is 10.1. The van der Waals surface area contributed by atoms with E-state index >= 15 is 0 Å². The summed E-state index contributed by atoms with van der Waals surface area (Å²) in [6.45, 7) is 3.43. The summed E-state index contributed by atoms with van der Waals surface area (Å²) in [5, 5.41) is 2.17. The number of nitrogens with one attached hydrogen (secondary N) is 1. The van der Waals surface area contributed by atoms with Crippen molar-refractivity contribution in [1.29, 1.82) is 0 Å². The van der Waals surface area contributed by atoms with Gasteiger partial charge in [0.15, 0.2) is 11.5 Å². The van der Waals surface area contributed by atoms with Gasteiger partial charge in [-0.05, 0) is 72.3 Å². The van der Waals surface area contributed by atoms with E-state index in [-0.39, 0.29) is 33.8 Å². The number of ether oxygens (including phenoxy) is 1. The van der Waals surface area contributed by atoms with Gasteiger partial charge in [0, 0.05) is 12.6 Å². The third kappa shape index (κ3) is 6.24. The summed E-state index contributed by atoms with van der Waals surface area (Å²) in [7, 11) is -2.88. The fraction of sp³-hybridized carbons (Fsp3) is 0.148. The van der Waals surface area contributed by atoms with E-state index in [1.54, 1.807) is 6.07 Å². The van der Waals surface area contributed by atoms with Gasteiger partial charge in [-0.2, -0.15) is 8.42 Å². The van der Waals surface area contributed by atoms with E-state index in [4.69, 9.17) is 8.92 Å². The summed E-state index contributed by atoms with van der Waals surface area (Å²) in [5.41, 5.74) is 2.74. The number of methoxy groups -OCH3 is 1. The molecule has 0 aromatic heterocycles. The van der Waals surface area contributed by atoms with Gasteiger partial charge in [0.05, 0.1) is 18.6 Å². The highest BCUT2D eigenvalue weighted by molar-refractivity contribution is 8.18. The Balaban J connectivity index is 1.56. The van der Waals surface area contributed by atoms with Crippen LogP contribution in [0.15, 0.2) is 76.5 Å². The van der Waals surface area contributed by atoms with E-state index < -0.39 is 21.3 Å². The summed E-state index contributed by atoms with van der Waals surface area (Å²) < 4.78 is 36.4. The molecule has 1 aliphatic heterocycles. The van der Waals surface area contributed by atoms with Crippen LogP contribution in [0.25, 0.3) is 6.08 Å². The minimum Gasteiger partial charge on any atom is -0.493 e. The zero-order chi connectivity index (χ0) is 27.4. The van der Waals surface area contributed by atoms with Crippen molar-refractivity contribution < 1.29 is 31.7 Å². The van der Waals surface area contributed by atoms with Gasteiger partial charge in [0.2, 0.25) is 5.91 Å². The number of aryl methyl sites for hydroxylation is 1. The van der Waals surface area contributed by atoms with Gasteiger partial charge in [-0.15, -0.1) is 0 Å². The lowest BCUT2D eigenvalue weighted by Gasteiger charge is -2.13. The molecule has 0 radical (unpaired) electrons. The largest absolute Gasteiger partial charge is 0.493 e. The second-order valence-electron chi connectivity index (χ2n) is 8.41. The van der Waals surface area contributed by atoms with E-state index in [1.165, 1.54) is 61.4 Å². The number of amides is 3. The van der Waals surface area contributed by atoms with Crippen LogP contribution in [0.5, 0.6) is 11.5 Å². The van der Waals surface area contributed by atoms with Crippen LogP contribution in [0, 0.1) is 6.92 Å². The minimum absolute atomic E-state index is 0.0915. The number of hydrogen-bond acceptors (Lipinski definition) is 8. The van der Waals surface area contributed by atoms with Crippen LogP contribution in [0.4, 0.5) is 10.5 Å². The molecule has 0 atom stereocenters. The first kappa shape index (κ1) is 27.0. The highest BCUT2D eigenvalue weighted by atomic mass is 32.2. The number of imide groups is 1. The van der Waals surface area contributed by atoms with Gasteiger partial charge in [-0.1, -0.05) is 35.9 Å². The van der Waals surface area contributed by atoms with Crippen molar-refractivity contribution in [3.63, 3.8) is 0 Å². The van der Waals surface area contributed by atoms with Crippen LogP contribution >= 0.6 is 11.8 Å². The second-order valence-corrected chi connectivity index (χ2v) is 10.9. The Labute approximate surface area is 224 Å². The number of anilines is 1. The van der Waals surface area contributed by atoms with Crippen molar-refractivity contribution in [2.75, 3.05) is 12.4 Å². The normalized spacial score (nSPS) is 14.6. The number of thioether (sulfide) groups is 1. The number of carbonyl (C=O) groups excluding carboxylic acids is 3. The fourth-order valence-corrected chi connectivity index (χ4v) is 5.47. The molecule has 0 saturated carbocycles. The molecule has 0 unspecified atom stereocenters. The fourth-order valence-electron chi connectivity index (χ4n) is 3.70. The summed E-state index contributed by atoms with van der Waals surface area (Å²) in [4.78, 5) is 38.0. The second kappa shape index (κ2) is 11.1. The maximum absolute atomic E-state index is 13.0. The van der Waals surface area contributed by atoms with Crippen LogP contribution < -0.4 is 14.2 Å². The summed E-state index contributed by atoms with van der Waals surface area (Å²) in [6.07, 6.45) is 1.50. The Morgan fingerprint density at radius 1 is 1.03 bits per heavy atom. The van der Waals surface area contributed by atoms with Crippen molar-refractivity contribution in [3.8, 4) is 11.5 Å². The van der Waals surface area contributed by atoms with E-state index in [2.05, 4.69) is 5.32 Å². The van der Waals surface area contributed by atoms with Crippen molar-refractivity contribution in [2.45, 2.75) is 25.3 Å². The molecule has 3 aromatic carbocycles. The van der Waals surface area contributed by atoms with Crippen LogP contribution in [-0.2, 0) is 26.3 Å². The topological polar surface area (TPSA) is 119 Å². The Morgan fingerprint density at radius 3 is 2.42 bits per heavy atom. The predicted molar refractivity (Wildman–Crippen MR) is 144 cm³/mol. The molecule has 38 heavy (non-hydrogen) atoms. The Hall–Kier alpha value is -4.09. The van der Waals surface area contributed by atoms with E-state index in [0.29, 0.717) is 11.3 Å². The van der Waals surface area contributed by atoms with Crippen molar-refractivity contribution in [1.82, 2.24) is 4.90 Å². The number of carbonyl (C=O) groups is 3. The lowest BCUT2D eigenvalue weighted by molar-refractivity contribution is -0.123. The maximum atomic E-state index is 13.0. The molecule has 1 fully saturated rings. The molecule has 9 nitrogen and oxygen atoms in total. The molecule has 1 saturated heterocycles. The third-order valence-electron chi connectivity index (χ3n) is 5.45. The molecule has 0 bridgehead atoms. The van der Waals surface area contributed by atoms with E-state index in [1.807, 2.05) is 31.2 Å². The Kier molecular flexibility index (Phi) is 7.88. The SMILES string of the molecule is COc1ccc(/C=C2\SC(=O)N(Cc3cccc(C)c3)C2=O)cc1OS(=O)(=O)c1ccc(NC(C)=O)cc1. The molecule has 4 rings (SSSR count). The van der Waals surface area contributed by atoms with Gasteiger partial charge >= 0.3 is 10.1 Å². The molecule has 0 spiro atoms. The molecule has 1 heterocycles. The summed E-state index contributed by atoms with van der Waals surface area (Å²) in [6, 6.07) is 17.6.